The van der Waals surface area contributed by atoms with Crippen LogP contribution in [-0.4, -0.2) is 46.4 Å². The fourth-order valence-corrected chi connectivity index (χ4v) is 6.08. The Morgan fingerprint density at radius 3 is 2.69 bits per heavy atom. The number of imidazole rings is 1. The van der Waals surface area contributed by atoms with E-state index in [9.17, 15) is 17.6 Å². The van der Waals surface area contributed by atoms with Crippen molar-refractivity contribution in [3.8, 4) is 0 Å². The first-order valence-corrected chi connectivity index (χ1v) is 13.9. The van der Waals surface area contributed by atoms with Crippen LogP contribution in [-0.2, 0) is 30.8 Å². The number of halogens is 1. The molecule has 36 heavy (non-hydrogen) atoms. The quantitative estimate of drug-likeness (QED) is 0.329. The smallest absolute Gasteiger partial charge is 0.280 e. The van der Waals surface area contributed by atoms with Gasteiger partial charge in [-0.1, -0.05) is 28.6 Å². The molecule has 13 heteroatoms. The second kappa shape index (κ2) is 10.4. The molecule has 1 N–H and O–H groups in total. The van der Waals surface area contributed by atoms with E-state index in [1.54, 1.807) is 6.20 Å². The number of hydrogen-bond donors (Lipinski definition) is 1. The molecule has 1 saturated heterocycles. The zero-order valence-electron chi connectivity index (χ0n) is 19.2. The average Bonchev–Trinajstić information content (AvgIpc) is 3.53. The van der Waals surface area contributed by atoms with Crippen LogP contribution in [0, 0.1) is 5.13 Å². The molecule has 5 rings (SSSR count). The van der Waals surface area contributed by atoms with Gasteiger partial charge in [-0.3, -0.25) is 10.1 Å². The monoisotopic (exact) mass is 533 g/mol. The van der Waals surface area contributed by atoms with Crippen molar-refractivity contribution in [1.29, 1.82) is 0 Å². The van der Waals surface area contributed by atoms with Crippen LogP contribution in [0.3, 0.4) is 0 Å². The normalized spacial score (nSPS) is 18.7. The fourth-order valence-electron chi connectivity index (χ4n) is 3.88. The van der Waals surface area contributed by atoms with Crippen LogP contribution in [0.15, 0.2) is 52.9 Å². The summed E-state index contributed by atoms with van der Waals surface area (Å²) >= 11 is 0.672. The summed E-state index contributed by atoms with van der Waals surface area (Å²) in [5, 5.41) is 5.70. The first-order chi connectivity index (χ1) is 17.4. The Balaban J connectivity index is 1.36. The van der Waals surface area contributed by atoms with Crippen LogP contribution in [0.25, 0.3) is 0 Å². The van der Waals surface area contributed by atoms with E-state index in [-0.39, 0.29) is 33.8 Å². The molecule has 0 radical (unpaired) electrons. The molecule has 2 fully saturated rings. The summed E-state index contributed by atoms with van der Waals surface area (Å²) in [5.74, 6) is -0.0978. The first-order valence-electron chi connectivity index (χ1n) is 11.5. The number of thiazole rings is 1. The Kier molecular flexibility index (Phi) is 7.12. The number of hydrogen-bond acceptors (Lipinski definition) is 9. The molecule has 1 saturated carbocycles. The van der Waals surface area contributed by atoms with E-state index >= 15 is 0 Å². The van der Waals surface area contributed by atoms with E-state index in [2.05, 4.69) is 20.4 Å². The second-order valence-corrected chi connectivity index (χ2v) is 11.7. The summed E-state index contributed by atoms with van der Waals surface area (Å²) in [4.78, 5) is 26.8. The van der Waals surface area contributed by atoms with Crippen molar-refractivity contribution in [1.82, 2.24) is 14.5 Å². The highest BCUT2D eigenvalue weighted by molar-refractivity contribution is 7.92. The highest BCUT2D eigenvalue weighted by atomic mass is 32.2. The van der Waals surface area contributed by atoms with Gasteiger partial charge < -0.3 is 14.1 Å². The van der Waals surface area contributed by atoms with Gasteiger partial charge in [0.1, 0.15) is 6.23 Å². The van der Waals surface area contributed by atoms with Crippen LogP contribution in [0.2, 0.25) is 0 Å². The molecule has 1 atom stereocenters. The molecule has 1 aliphatic heterocycles. The number of oxime groups is 1. The topological polar surface area (TPSA) is 125 Å². The number of anilines is 1. The van der Waals surface area contributed by atoms with Crippen molar-refractivity contribution >= 4 is 37.9 Å². The molecule has 1 aromatic carbocycles. The van der Waals surface area contributed by atoms with Gasteiger partial charge in [0.2, 0.25) is 0 Å². The number of carbonyl (C=O) groups excluding carboxylic acids is 1. The summed E-state index contributed by atoms with van der Waals surface area (Å²) in [6.07, 6.45) is 8.55. The Morgan fingerprint density at radius 2 is 2.03 bits per heavy atom. The molecular weight excluding hydrogens is 509 g/mol. The molecule has 190 valence electrons. The molecule has 0 spiro atoms. The highest BCUT2D eigenvalue weighted by Crippen LogP contribution is 2.33. The van der Waals surface area contributed by atoms with Gasteiger partial charge in [0, 0.05) is 24.6 Å². The van der Waals surface area contributed by atoms with Gasteiger partial charge >= 0.3 is 0 Å². The van der Waals surface area contributed by atoms with Crippen molar-refractivity contribution < 1.29 is 27.2 Å². The second-order valence-electron chi connectivity index (χ2n) is 8.48. The van der Waals surface area contributed by atoms with Gasteiger partial charge in [0.25, 0.3) is 5.91 Å². The molecule has 10 nitrogen and oxygen atoms in total. The maximum absolute atomic E-state index is 13.4. The number of nitrogens with zero attached hydrogens (tertiary/aromatic N) is 4. The number of ether oxygens (including phenoxy) is 1. The molecule has 1 aliphatic carbocycles. The van der Waals surface area contributed by atoms with Crippen molar-refractivity contribution in [3.05, 3.63) is 59.4 Å². The fraction of sp³-hybridized carbons (Fsp3) is 0.391. The number of carbonyl (C=O) groups is 1. The summed E-state index contributed by atoms with van der Waals surface area (Å²) < 4.78 is 46.1. The van der Waals surface area contributed by atoms with Gasteiger partial charge in [-0.05, 0) is 44.2 Å². The first kappa shape index (κ1) is 24.5. The lowest BCUT2D eigenvalue weighted by Crippen LogP contribution is -2.24. The number of nitrogens with one attached hydrogen (secondary N) is 1. The lowest BCUT2D eigenvalue weighted by Gasteiger charge is -2.24. The van der Waals surface area contributed by atoms with Crippen molar-refractivity contribution in [2.75, 3.05) is 11.9 Å². The Labute approximate surface area is 211 Å². The zero-order chi connectivity index (χ0) is 25.1. The molecule has 1 amide bonds. The van der Waals surface area contributed by atoms with E-state index in [1.807, 2.05) is 10.8 Å². The van der Waals surface area contributed by atoms with Crippen LogP contribution < -0.4 is 5.32 Å². The van der Waals surface area contributed by atoms with Gasteiger partial charge in [-0.15, -0.1) is 0 Å². The highest BCUT2D eigenvalue weighted by Gasteiger charge is 2.36. The van der Waals surface area contributed by atoms with Crippen LogP contribution in [0.1, 0.15) is 49.7 Å². The number of rotatable bonds is 9. The molecule has 0 bridgehead atoms. The van der Waals surface area contributed by atoms with Crippen molar-refractivity contribution in [3.63, 3.8) is 0 Å². The summed E-state index contributed by atoms with van der Waals surface area (Å²) in [6, 6.07) is 5.89. The van der Waals surface area contributed by atoms with Gasteiger partial charge in [-0.25, -0.2) is 18.4 Å². The average molecular weight is 534 g/mol. The third-order valence-electron chi connectivity index (χ3n) is 5.90. The predicted molar refractivity (Wildman–Crippen MR) is 130 cm³/mol. The van der Waals surface area contributed by atoms with Crippen LogP contribution >= 0.6 is 11.3 Å². The standard InChI is InChI=1S/C23H24FN5O5S2/c24-18-13-26-23(35-18)27-22(30)21(15-4-6-16(7-5-15)36(31,32)17-8-9-17)28-34-14-19-25-10-11-29(19)20-3-1-2-12-33-20/h4-7,10-11,13,17,20H,1-3,8-9,12,14H2,(H,26,27,30). The molecule has 1 unspecified atom stereocenters. The molecular formula is C23H24FN5O5S2. The third kappa shape index (κ3) is 5.47. The summed E-state index contributed by atoms with van der Waals surface area (Å²) in [5.41, 5.74) is 0.214. The Hall–Kier alpha value is -3.16. The van der Waals surface area contributed by atoms with E-state index in [1.165, 1.54) is 24.3 Å². The maximum atomic E-state index is 13.4. The molecule has 3 aromatic rings. The minimum absolute atomic E-state index is 0.0241. The lowest BCUT2D eigenvalue weighted by atomic mass is 10.1. The number of amides is 1. The van der Waals surface area contributed by atoms with Crippen molar-refractivity contribution in [2.45, 2.75) is 55.1 Å². The Morgan fingerprint density at radius 1 is 1.22 bits per heavy atom. The zero-order valence-corrected chi connectivity index (χ0v) is 20.8. The maximum Gasteiger partial charge on any atom is 0.280 e. The van der Waals surface area contributed by atoms with E-state index < -0.39 is 20.9 Å². The summed E-state index contributed by atoms with van der Waals surface area (Å²) in [6.45, 7) is 0.652. The molecule has 3 heterocycles. The van der Waals surface area contributed by atoms with Gasteiger partial charge in [-0.2, -0.15) is 4.39 Å². The minimum atomic E-state index is -3.38. The van der Waals surface area contributed by atoms with Crippen molar-refractivity contribution in [2.24, 2.45) is 5.16 Å². The van der Waals surface area contributed by atoms with E-state index in [0.717, 1.165) is 25.5 Å². The van der Waals surface area contributed by atoms with E-state index in [0.29, 0.717) is 42.2 Å². The van der Waals surface area contributed by atoms with Crippen LogP contribution in [0.4, 0.5) is 9.52 Å². The van der Waals surface area contributed by atoms with Gasteiger partial charge in [0.15, 0.2) is 38.2 Å². The minimum Gasteiger partial charge on any atom is -0.387 e. The predicted octanol–water partition coefficient (Wildman–Crippen LogP) is 3.67. The lowest BCUT2D eigenvalue weighted by molar-refractivity contribution is -0.110. The van der Waals surface area contributed by atoms with Gasteiger partial charge in [0.05, 0.1) is 16.3 Å². The SMILES string of the molecule is O=C(Nc1ncc(F)s1)C(=NOCc1nccn1C1CCCCO1)c1ccc(S(=O)(=O)C2CC2)cc1. The third-order valence-corrected chi connectivity index (χ3v) is 8.88. The molecule has 2 aromatic heterocycles. The number of sulfone groups is 1. The number of aromatic nitrogens is 3. The largest absolute Gasteiger partial charge is 0.387 e. The summed E-state index contributed by atoms with van der Waals surface area (Å²) in [7, 11) is -3.38. The number of benzene rings is 1. The molecule has 2 aliphatic rings. The van der Waals surface area contributed by atoms with Crippen LogP contribution in [0.5, 0.6) is 0 Å². The van der Waals surface area contributed by atoms with E-state index in [4.69, 9.17) is 9.57 Å². The Bertz CT molecular complexity index is 1360.